The number of ether oxygens (including phenoxy) is 4. The first-order valence-corrected chi connectivity index (χ1v) is 11.6. The van der Waals surface area contributed by atoms with Crippen LogP contribution in [0.3, 0.4) is 0 Å². The van der Waals surface area contributed by atoms with Crippen molar-refractivity contribution in [2.45, 2.75) is 31.8 Å². The number of rotatable bonds is 9. The summed E-state index contributed by atoms with van der Waals surface area (Å²) in [5.41, 5.74) is 2.90. The van der Waals surface area contributed by atoms with E-state index < -0.39 is 0 Å². The minimum Gasteiger partial charge on any atom is -0.493 e. The lowest BCUT2D eigenvalue weighted by molar-refractivity contribution is -0.139. The molecule has 0 bridgehead atoms. The van der Waals surface area contributed by atoms with E-state index in [1.165, 1.54) is 7.11 Å². The molecule has 0 saturated carbocycles. The normalized spacial score (nSPS) is 14.2. The number of anilines is 1. The zero-order chi connectivity index (χ0) is 24.5. The molecule has 9 heteroatoms. The van der Waals surface area contributed by atoms with Gasteiger partial charge in [0.05, 0.1) is 34.9 Å². The zero-order valence-corrected chi connectivity index (χ0v) is 21.0. The minimum atomic E-state index is -0.255. The third-order valence-corrected chi connectivity index (χ3v) is 6.06. The summed E-state index contributed by atoms with van der Waals surface area (Å²) in [6.07, 6.45) is 2.24. The second-order valence-electron chi connectivity index (χ2n) is 8.13. The predicted molar refractivity (Wildman–Crippen MR) is 136 cm³/mol. The fourth-order valence-corrected chi connectivity index (χ4v) is 4.30. The molecule has 34 heavy (non-hydrogen) atoms. The minimum absolute atomic E-state index is 0.255. The Kier molecular flexibility index (Phi) is 9.35. The highest BCUT2D eigenvalue weighted by Crippen LogP contribution is 2.38. The number of benzene rings is 2. The van der Waals surface area contributed by atoms with Crippen LogP contribution in [0.25, 0.3) is 0 Å². The smallest absolute Gasteiger partial charge is 0.309 e. The maximum absolute atomic E-state index is 11.4. The molecule has 2 aromatic carbocycles. The lowest BCUT2D eigenvalue weighted by Gasteiger charge is -2.33. The van der Waals surface area contributed by atoms with Gasteiger partial charge >= 0.3 is 5.97 Å². The highest BCUT2D eigenvalue weighted by atomic mass is 32.1. The SMILES string of the molecule is COC(=O)Cc1ccc(NC(=S)NC2CCN(Cc3cc(OC)c(OC)c(OC)c3)CC2)cc1. The lowest BCUT2D eigenvalue weighted by Crippen LogP contribution is -2.45. The average Bonchev–Trinajstić information content (AvgIpc) is 2.85. The number of carbonyl (C=O) groups excluding carboxylic acids is 1. The van der Waals surface area contributed by atoms with Crippen molar-refractivity contribution in [1.29, 1.82) is 0 Å². The number of nitrogens with one attached hydrogen (secondary N) is 2. The molecule has 0 atom stereocenters. The molecule has 1 fully saturated rings. The van der Waals surface area contributed by atoms with Crippen LogP contribution < -0.4 is 24.8 Å². The van der Waals surface area contributed by atoms with Gasteiger partial charge in [0.25, 0.3) is 0 Å². The number of carbonyl (C=O) groups is 1. The Morgan fingerprint density at radius 3 is 2.12 bits per heavy atom. The van der Waals surface area contributed by atoms with E-state index in [9.17, 15) is 4.79 Å². The molecule has 1 aliphatic rings. The fourth-order valence-electron chi connectivity index (χ4n) is 4.02. The van der Waals surface area contributed by atoms with E-state index in [1.807, 2.05) is 36.4 Å². The predicted octanol–water partition coefficient (Wildman–Crippen LogP) is 3.38. The van der Waals surface area contributed by atoms with Gasteiger partial charge in [0.15, 0.2) is 16.6 Å². The number of methoxy groups -OCH3 is 4. The Labute approximate surface area is 206 Å². The van der Waals surface area contributed by atoms with Crippen LogP contribution in [0.1, 0.15) is 24.0 Å². The molecular formula is C25H33N3O5S. The van der Waals surface area contributed by atoms with Crippen molar-refractivity contribution in [3.05, 3.63) is 47.5 Å². The van der Waals surface area contributed by atoms with Crippen molar-refractivity contribution >= 4 is 29.0 Å². The van der Waals surface area contributed by atoms with E-state index in [0.29, 0.717) is 28.4 Å². The summed E-state index contributed by atoms with van der Waals surface area (Å²) < 4.78 is 21.1. The summed E-state index contributed by atoms with van der Waals surface area (Å²) in [5.74, 6) is 1.69. The summed E-state index contributed by atoms with van der Waals surface area (Å²) in [6, 6.07) is 11.9. The van der Waals surface area contributed by atoms with E-state index in [0.717, 1.165) is 49.3 Å². The second kappa shape index (κ2) is 12.4. The van der Waals surface area contributed by atoms with Gasteiger partial charge in [-0.05, 0) is 60.5 Å². The van der Waals surface area contributed by atoms with Crippen LogP contribution in [-0.2, 0) is 22.5 Å². The van der Waals surface area contributed by atoms with Gasteiger partial charge in [0.1, 0.15) is 0 Å². The van der Waals surface area contributed by atoms with E-state index in [2.05, 4.69) is 15.5 Å². The van der Waals surface area contributed by atoms with Gasteiger partial charge in [-0.2, -0.15) is 0 Å². The molecule has 0 amide bonds. The van der Waals surface area contributed by atoms with Crippen LogP contribution in [0.2, 0.25) is 0 Å². The van der Waals surface area contributed by atoms with Crippen LogP contribution in [0.5, 0.6) is 17.2 Å². The fraction of sp³-hybridized carbons (Fsp3) is 0.440. The summed E-state index contributed by atoms with van der Waals surface area (Å²) in [5, 5.41) is 7.24. The third-order valence-electron chi connectivity index (χ3n) is 5.84. The zero-order valence-electron chi connectivity index (χ0n) is 20.2. The first kappa shape index (κ1) is 25.6. The Balaban J connectivity index is 1.47. The molecule has 0 radical (unpaired) electrons. The van der Waals surface area contributed by atoms with E-state index in [4.69, 9.17) is 31.2 Å². The van der Waals surface area contributed by atoms with Gasteiger partial charge in [-0.15, -0.1) is 0 Å². The molecule has 8 nitrogen and oxygen atoms in total. The van der Waals surface area contributed by atoms with Gasteiger partial charge in [-0.3, -0.25) is 9.69 Å². The quantitative estimate of drug-likeness (QED) is 0.409. The first-order chi connectivity index (χ1) is 16.4. The Hall–Kier alpha value is -3.04. The molecular weight excluding hydrogens is 454 g/mol. The Bertz CT molecular complexity index is 950. The van der Waals surface area contributed by atoms with Crippen molar-refractivity contribution in [3.8, 4) is 17.2 Å². The largest absolute Gasteiger partial charge is 0.493 e. The number of hydrogen-bond donors (Lipinski definition) is 2. The molecule has 0 aromatic heterocycles. The van der Waals surface area contributed by atoms with Crippen LogP contribution >= 0.6 is 12.2 Å². The maximum Gasteiger partial charge on any atom is 0.309 e. The standard InChI is InChI=1S/C25H33N3O5S/c1-30-21-13-18(14-22(31-2)24(21)33-4)16-28-11-9-20(10-12-28)27-25(34)26-19-7-5-17(6-8-19)15-23(29)32-3/h5-8,13-14,20H,9-12,15-16H2,1-4H3,(H2,26,27,34). The molecule has 0 aliphatic carbocycles. The average molecular weight is 488 g/mol. The molecule has 0 unspecified atom stereocenters. The molecule has 184 valence electrons. The van der Waals surface area contributed by atoms with Gasteiger partial charge in [0.2, 0.25) is 5.75 Å². The molecule has 1 saturated heterocycles. The molecule has 3 rings (SSSR count). The third kappa shape index (κ3) is 6.98. The second-order valence-corrected chi connectivity index (χ2v) is 8.54. The van der Waals surface area contributed by atoms with Crippen molar-refractivity contribution < 1.29 is 23.7 Å². The summed E-state index contributed by atoms with van der Waals surface area (Å²) in [6.45, 7) is 2.72. The van der Waals surface area contributed by atoms with Crippen LogP contribution in [0.15, 0.2) is 36.4 Å². The lowest BCUT2D eigenvalue weighted by atomic mass is 10.0. The number of piperidine rings is 1. The number of likely N-dealkylation sites (tertiary alicyclic amines) is 1. The summed E-state index contributed by atoms with van der Waals surface area (Å²) in [7, 11) is 6.26. The van der Waals surface area contributed by atoms with Gasteiger partial charge in [-0.1, -0.05) is 12.1 Å². The Morgan fingerprint density at radius 1 is 0.971 bits per heavy atom. The maximum atomic E-state index is 11.4. The number of hydrogen-bond acceptors (Lipinski definition) is 7. The molecule has 0 spiro atoms. The highest BCUT2D eigenvalue weighted by Gasteiger charge is 2.21. The molecule has 2 aromatic rings. The van der Waals surface area contributed by atoms with Crippen molar-refractivity contribution in [3.63, 3.8) is 0 Å². The van der Waals surface area contributed by atoms with E-state index in [-0.39, 0.29) is 12.4 Å². The van der Waals surface area contributed by atoms with E-state index in [1.54, 1.807) is 21.3 Å². The number of nitrogens with zero attached hydrogens (tertiary/aromatic N) is 1. The van der Waals surface area contributed by atoms with Crippen LogP contribution in [0.4, 0.5) is 5.69 Å². The highest BCUT2D eigenvalue weighted by molar-refractivity contribution is 7.80. The first-order valence-electron chi connectivity index (χ1n) is 11.2. The van der Waals surface area contributed by atoms with Gasteiger partial charge < -0.3 is 29.6 Å². The molecule has 2 N–H and O–H groups in total. The molecule has 1 heterocycles. The van der Waals surface area contributed by atoms with Crippen molar-refractivity contribution in [1.82, 2.24) is 10.2 Å². The number of esters is 1. The van der Waals surface area contributed by atoms with Crippen molar-refractivity contribution in [2.75, 3.05) is 46.8 Å². The summed E-state index contributed by atoms with van der Waals surface area (Å²) >= 11 is 5.50. The molecule has 1 aliphatic heterocycles. The van der Waals surface area contributed by atoms with Gasteiger partial charge in [-0.25, -0.2) is 0 Å². The van der Waals surface area contributed by atoms with E-state index >= 15 is 0 Å². The van der Waals surface area contributed by atoms with Crippen molar-refractivity contribution in [2.24, 2.45) is 0 Å². The summed E-state index contributed by atoms with van der Waals surface area (Å²) in [4.78, 5) is 13.8. The topological polar surface area (TPSA) is 81.3 Å². The Morgan fingerprint density at radius 2 is 1.59 bits per heavy atom. The monoisotopic (exact) mass is 487 g/mol. The van der Waals surface area contributed by atoms with Crippen LogP contribution in [0, 0.1) is 0 Å². The number of thiocarbonyl (C=S) groups is 1. The van der Waals surface area contributed by atoms with Gasteiger partial charge in [0, 0.05) is 31.4 Å². The van der Waals surface area contributed by atoms with Crippen LogP contribution in [-0.4, -0.2) is 63.6 Å².